The topological polar surface area (TPSA) is 52.6 Å². The molecule has 2 fully saturated rings. The van der Waals surface area contributed by atoms with Crippen LogP contribution in [0.15, 0.2) is 12.2 Å². The molecule has 0 N–H and O–H groups in total. The minimum absolute atomic E-state index is 0.136. The van der Waals surface area contributed by atoms with Crippen LogP contribution < -0.4 is 0 Å². The van der Waals surface area contributed by atoms with E-state index in [1.54, 1.807) is 0 Å². The van der Waals surface area contributed by atoms with Gasteiger partial charge in [-0.05, 0) is 31.1 Å². The van der Waals surface area contributed by atoms with Crippen molar-refractivity contribution < 1.29 is 19.1 Å². The van der Waals surface area contributed by atoms with Crippen LogP contribution in [-0.4, -0.2) is 26.2 Å². The maximum absolute atomic E-state index is 12.4. The van der Waals surface area contributed by atoms with E-state index in [0.717, 1.165) is 25.7 Å². The summed E-state index contributed by atoms with van der Waals surface area (Å²) in [6.07, 6.45) is 7.42. The van der Waals surface area contributed by atoms with Crippen molar-refractivity contribution in [2.75, 3.05) is 14.2 Å². The van der Waals surface area contributed by atoms with Gasteiger partial charge in [0.15, 0.2) is 0 Å². The molecule has 3 rings (SSSR count). The third kappa shape index (κ3) is 0.990. The molecule has 4 nitrogen and oxygen atoms in total. The Morgan fingerprint density at radius 1 is 1.00 bits per heavy atom. The monoisotopic (exact) mass is 250 g/mol. The van der Waals surface area contributed by atoms with E-state index in [4.69, 9.17) is 9.47 Å². The fourth-order valence-electron chi connectivity index (χ4n) is 4.79. The van der Waals surface area contributed by atoms with Crippen LogP contribution in [0.2, 0.25) is 0 Å². The highest BCUT2D eigenvalue weighted by Crippen LogP contribution is 2.71. The maximum Gasteiger partial charge on any atom is 0.313 e. The molecular weight excluding hydrogens is 232 g/mol. The minimum atomic E-state index is -0.672. The van der Waals surface area contributed by atoms with Crippen molar-refractivity contribution in [3.05, 3.63) is 12.2 Å². The molecule has 4 heteroatoms. The number of carbonyl (C=O) groups excluding carboxylic acids is 2. The highest BCUT2D eigenvalue weighted by Gasteiger charge is 2.75. The normalized spacial score (nSPS) is 43.9. The number of allylic oxidation sites excluding steroid dienone is 2. The van der Waals surface area contributed by atoms with E-state index in [2.05, 4.69) is 12.2 Å². The first-order valence-electron chi connectivity index (χ1n) is 6.48. The Labute approximate surface area is 106 Å². The van der Waals surface area contributed by atoms with Crippen LogP contribution in [-0.2, 0) is 19.1 Å². The molecule has 2 bridgehead atoms. The van der Waals surface area contributed by atoms with Crippen molar-refractivity contribution in [1.82, 2.24) is 0 Å². The molecule has 0 radical (unpaired) electrons. The van der Waals surface area contributed by atoms with Gasteiger partial charge in [-0.1, -0.05) is 18.6 Å². The summed E-state index contributed by atoms with van der Waals surface area (Å²) in [5.41, 5.74) is -1.34. The molecule has 4 atom stereocenters. The first kappa shape index (κ1) is 11.8. The van der Waals surface area contributed by atoms with Gasteiger partial charge in [0.2, 0.25) is 0 Å². The Bertz CT molecular complexity index is 403. The lowest BCUT2D eigenvalue weighted by atomic mass is 9.59. The number of fused-ring (bicyclic) bond motifs is 5. The van der Waals surface area contributed by atoms with Gasteiger partial charge in [0.1, 0.15) is 0 Å². The Morgan fingerprint density at radius 2 is 1.44 bits per heavy atom. The van der Waals surface area contributed by atoms with Crippen molar-refractivity contribution in [2.24, 2.45) is 22.7 Å². The summed E-state index contributed by atoms with van der Waals surface area (Å²) in [6, 6.07) is 0. The number of rotatable bonds is 2. The highest BCUT2D eigenvalue weighted by atomic mass is 16.5. The molecule has 0 aromatic rings. The summed E-state index contributed by atoms with van der Waals surface area (Å²) in [4.78, 5) is 24.7. The molecule has 0 spiro atoms. The fourth-order valence-corrected chi connectivity index (χ4v) is 4.79. The molecule has 0 aliphatic heterocycles. The average molecular weight is 250 g/mol. The molecule has 0 saturated heterocycles. The summed E-state index contributed by atoms with van der Waals surface area (Å²) in [6.45, 7) is 0. The van der Waals surface area contributed by atoms with Crippen LogP contribution in [0, 0.1) is 22.7 Å². The van der Waals surface area contributed by atoms with E-state index in [-0.39, 0.29) is 23.8 Å². The van der Waals surface area contributed by atoms with Crippen LogP contribution in [0.4, 0.5) is 0 Å². The van der Waals surface area contributed by atoms with Gasteiger partial charge in [0.05, 0.1) is 25.0 Å². The Balaban J connectivity index is 2.17. The largest absolute Gasteiger partial charge is 0.469 e. The quantitative estimate of drug-likeness (QED) is 0.553. The van der Waals surface area contributed by atoms with Gasteiger partial charge in [0.25, 0.3) is 0 Å². The average Bonchev–Trinajstić information content (AvgIpc) is 3.06. The Hall–Kier alpha value is -1.32. The third-order valence-corrected chi connectivity index (χ3v) is 5.39. The zero-order valence-corrected chi connectivity index (χ0v) is 10.8. The fraction of sp³-hybridized carbons (Fsp3) is 0.714. The van der Waals surface area contributed by atoms with Gasteiger partial charge in [-0.3, -0.25) is 9.59 Å². The van der Waals surface area contributed by atoms with Gasteiger partial charge in [-0.2, -0.15) is 0 Å². The molecule has 2 saturated carbocycles. The van der Waals surface area contributed by atoms with Crippen LogP contribution in [0.3, 0.4) is 0 Å². The second-order valence-electron chi connectivity index (χ2n) is 5.61. The summed E-state index contributed by atoms with van der Waals surface area (Å²) in [5, 5.41) is 0. The first-order chi connectivity index (χ1) is 8.63. The second-order valence-corrected chi connectivity index (χ2v) is 5.61. The van der Waals surface area contributed by atoms with Crippen molar-refractivity contribution in [3.63, 3.8) is 0 Å². The van der Waals surface area contributed by atoms with E-state index in [1.807, 2.05) is 0 Å². The summed E-state index contributed by atoms with van der Waals surface area (Å²) >= 11 is 0. The van der Waals surface area contributed by atoms with Crippen molar-refractivity contribution in [1.29, 1.82) is 0 Å². The summed E-state index contributed by atoms with van der Waals surface area (Å²) in [7, 11) is 2.82. The molecular formula is C14H18O4. The van der Waals surface area contributed by atoms with Crippen molar-refractivity contribution >= 4 is 11.9 Å². The molecule has 0 unspecified atom stereocenters. The number of methoxy groups -OCH3 is 2. The number of carbonyl (C=O) groups is 2. The molecule has 0 aromatic carbocycles. The lowest BCUT2D eigenvalue weighted by molar-refractivity contribution is -0.176. The summed E-state index contributed by atoms with van der Waals surface area (Å²) in [5.74, 6) is -0.197. The van der Waals surface area contributed by atoms with E-state index in [0.29, 0.717) is 0 Å². The standard InChI is InChI=1S/C14H18O4/c1-17-11(15)13-6-3-7-14(13,12(16)18-2)10-5-4-9(13)8-10/h4-5,9-10H,3,6-8H2,1-2H3/t9-,10+,13+,14-. The third-order valence-electron chi connectivity index (χ3n) is 5.39. The van der Waals surface area contributed by atoms with E-state index in [9.17, 15) is 9.59 Å². The van der Waals surface area contributed by atoms with Crippen LogP contribution in [0.5, 0.6) is 0 Å². The molecule has 3 aliphatic rings. The van der Waals surface area contributed by atoms with Crippen LogP contribution in [0.25, 0.3) is 0 Å². The minimum Gasteiger partial charge on any atom is -0.469 e. The Kier molecular flexibility index (Phi) is 2.34. The van der Waals surface area contributed by atoms with Gasteiger partial charge in [-0.15, -0.1) is 0 Å². The number of esters is 2. The molecule has 3 aliphatic carbocycles. The Morgan fingerprint density at radius 3 is 1.83 bits per heavy atom. The molecule has 0 aromatic heterocycles. The molecule has 0 heterocycles. The summed E-state index contributed by atoms with van der Waals surface area (Å²) < 4.78 is 10.1. The van der Waals surface area contributed by atoms with E-state index < -0.39 is 10.8 Å². The number of hydrogen-bond acceptors (Lipinski definition) is 4. The lowest BCUT2D eigenvalue weighted by Crippen LogP contribution is -2.52. The molecule has 18 heavy (non-hydrogen) atoms. The SMILES string of the molecule is COC(=O)[C@]12CCC[C@@]1(C(=O)OC)[C@@H]1C=C[C@H]2C1. The number of ether oxygens (including phenoxy) is 2. The lowest BCUT2D eigenvalue weighted by Gasteiger charge is -2.42. The van der Waals surface area contributed by atoms with Gasteiger partial charge in [0, 0.05) is 0 Å². The van der Waals surface area contributed by atoms with Crippen LogP contribution in [0.1, 0.15) is 25.7 Å². The predicted octanol–water partition coefficient (Wildman–Crippen LogP) is 1.70. The number of hydrogen-bond donors (Lipinski definition) is 0. The zero-order valence-electron chi connectivity index (χ0n) is 10.8. The highest BCUT2D eigenvalue weighted by molar-refractivity contribution is 5.91. The smallest absolute Gasteiger partial charge is 0.313 e. The van der Waals surface area contributed by atoms with Crippen molar-refractivity contribution in [2.45, 2.75) is 25.7 Å². The second kappa shape index (κ2) is 3.59. The zero-order chi connectivity index (χ0) is 13.0. The van der Waals surface area contributed by atoms with Crippen molar-refractivity contribution in [3.8, 4) is 0 Å². The van der Waals surface area contributed by atoms with E-state index >= 15 is 0 Å². The van der Waals surface area contributed by atoms with Gasteiger partial charge < -0.3 is 9.47 Å². The van der Waals surface area contributed by atoms with Crippen LogP contribution >= 0.6 is 0 Å². The molecule has 0 amide bonds. The molecule has 98 valence electrons. The predicted molar refractivity (Wildman–Crippen MR) is 63.5 cm³/mol. The van der Waals surface area contributed by atoms with Gasteiger partial charge in [-0.25, -0.2) is 0 Å². The van der Waals surface area contributed by atoms with Gasteiger partial charge >= 0.3 is 11.9 Å². The van der Waals surface area contributed by atoms with E-state index in [1.165, 1.54) is 14.2 Å². The first-order valence-corrected chi connectivity index (χ1v) is 6.48. The maximum atomic E-state index is 12.4.